The van der Waals surface area contributed by atoms with Crippen LogP contribution in [0.3, 0.4) is 0 Å². The van der Waals surface area contributed by atoms with Crippen LogP contribution in [-0.4, -0.2) is 34.3 Å². The zero-order valence-corrected chi connectivity index (χ0v) is 15.0. The van der Waals surface area contributed by atoms with Crippen molar-refractivity contribution in [3.63, 3.8) is 0 Å². The summed E-state index contributed by atoms with van der Waals surface area (Å²) in [6.45, 7) is 5.44. The zero-order valence-electron chi connectivity index (χ0n) is 14.2. The molecule has 1 N–H and O–H groups in total. The first-order valence-corrected chi connectivity index (χ1v) is 8.71. The number of hydrogen-bond acceptors (Lipinski definition) is 5. The van der Waals surface area contributed by atoms with Gasteiger partial charge in [0.15, 0.2) is 11.5 Å². The standard InChI is InChI=1S/C17H24N4O2S/c1-3-5-6-7-10-23-15-9-8-14(11-16(15)22-4-2)12-19-21-13-18-20-17(21)24/h8-9,11-13H,3-7,10H2,1-2H3,(H,20,24)/b19-12-. The van der Waals surface area contributed by atoms with E-state index in [4.69, 9.17) is 21.7 Å². The molecule has 2 aromatic rings. The Hall–Kier alpha value is -2.15. The van der Waals surface area contributed by atoms with Gasteiger partial charge < -0.3 is 9.47 Å². The van der Waals surface area contributed by atoms with Crippen LogP contribution in [0.15, 0.2) is 29.6 Å². The third-order valence-corrected chi connectivity index (χ3v) is 3.67. The lowest BCUT2D eigenvalue weighted by Crippen LogP contribution is -2.02. The summed E-state index contributed by atoms with van der Waals surface area (Å²) in [6, 6.07) is 5.77. The summed E-state index contributed by atoms with van der Waals surface area (Å²) in [5.74, 6) is 1.50. The molecule has 0 radical (unpaired) electrons. The zero-order chi connectivity index (χ0) is 17.2. The molecule has 0 aliphatic heterocycles. The number of hydrogen-bond donors (Lipinski definition) is 1. The predicted octanol–water partition coefficient (Wildman–Crippen LogP) is 4.18. The highest BCUT2D eigenvalue weighted by Gasteiger charge is 2.06. The van der Waals surface area contributed by atoms with E-state index < -0.39 is 0 Å². The third kappa shape index (κ3) is 5.49. The molecule has 7 heteroatoms. The molecule has 1 aromatic carbocycles. The minimum Gasteiger partial charge on any atom is -0.490 e. The van der Waals surface area contributed by atoms with E-state index >= 15 is 0 Å². The monoisotopic (exact) mass is 348 g/mol. The number of benzene rings is 1. The Morgan fingerprint density at radius 2 is 2.08 bits per heavy atom. The van der Waals surface area contributed by atoms with Crippen LogP contribution in [0.4, 0.5) is 0 Å². The molecule has 0 saturated heterocycles. The molecule has 2 rings (SSSR count). The van der Waals surface area contributed by atoms with Crippen molar-refractivity contribution in [2.24, 2.45) is 5.10 Å². The Balaban J connectivity index is 2.04. The lowest BCUT2D eigenvalue weighted by molar-refractivity contribution is 0.270. The fraction of sp³-hybridized carbons (Fsp3) is 0.471. The van der Waals surface area contributed by atoms with Gasteiger partial charge in [0.05, 0.1) is 19.4 Å². The third-order valence-electron chi connectivity index (χ3n) is 3.39. The van der Waals surface area contributed by atoms with Crippen LogP contribution in [-0.2, 0) is 0 Å². The fourth-order valence-corrected chi connectivity index (χ4v) is 2.30. The topological polar surface area (TPSA) is 64.4 Å². The Morgan fingerprint density at radius 3 is 2.79 bits per heavy atom. The van der Waals surface area contributed by atoms with Crippen molar-refractivity contribution in [3.05, 3.63) is 34.9 Å². The number of aromatic amines is 1. The molecule has 1 heterocycles. The summed E-state index contributed by atoms with van der Waals surface area (Å²) in [4.78, 5) is 0. The number of unbranched alkanes of at least 4 members (excludes halogenated alkanes) is 3. The van der Waals surface area contributed by atoms with Gasteiger partial charge in [0, 0.05) is 0 Å². The summed E-state index contributed by atoms with van der Waals surface area (Å²) in [7, 11) is 0. The number of rotatable bonds is 10. The average molecular weight is 348 g/mol. The molecule has 0 aliphatic rings. The van der Waals surface area contributed by atoms with Crippen LogP contribution in [0, 0.1) is 4.77 Å². The van der Waals surface area contributed by atoms with Crippen LogP contribution in [0.5, 0.6) is 11.5 Å². The average Bonchev–Trinajstić information content (AvgIpc) is 2.99. The van der Waals surface area contributed by atoms with Gasteiger partial charge in [-0.1, -0.05) is 26.2 Å². The van der Waals surface area contributed by atoms with E-state index in [-0.39, 0.29) is 0 Å². The number of aromatic nitrogens is 3. The van der Waals surface area contributed by atoms with E-state index in [2.05, 4.69) is 22.2 Å². The molecule has 0 aliphatic carbocycles. The van der Waals surface area contributed by atoms with Crippen LogP contribution < -0.4 is 9.47 Å². The van der Waals surface area contributed by atoms with Crippen molar-refractivity contribution < 1.29 is 9.47 Å². The van der Waals surface area contributed by atoms with E-state index in [9.17, 15) is 0 Å². The van der Waals surface area contributed by atoms with E-state index in [1.54, 1.807) is 6.21 Å². The van der Waals surface area contributed by atoms with Crippen molar-refractivity contribution in [1.29, 1.82) is 0 Å². The lowest BCUT2D eigenvalue weighted by Gasteiger charge is -2.12. The molecule has 0 fully saturated rings. The maximum absolute atomic E-state index is 5.85. The van der Waals surface area contributed by atoms with Crippen LogP contribution >= 0.6 is 12.2 Å². The van der Waals surface area contributed by atoms with Crippen molar-refractivity contribution in [3.8, 4) is 11.5 Å². The molecule has 0 spiro atoms. The molecule has 1 aromatic heterocycles. The van der Waals surface area contributed by atoms with Crippen molar-refractivity contribution in [2.75, 3.05) is 13.2 Å². The second kappa shape index (κ2) is 9.87. The maximum Gasteiger partial charge on any atom is 0.216 e. The largest absolute Gasteiger partial charge is 0.490 e. The highest BCUT2D eigenvalue weighted by atomic mass is 32.1. The highest BCUT2D eigenvalue weighted by Crippen LogP contribution is 2.28. The van der Waals surface area contributed by atoms with Crippen LogP contribution in [0.2, 0.25) is 0 Å². The van der Waals surface area contributed by atoms with Gasteiger partial charge in [-0.3, -0.25) is 5.10 Å². The number of nitrogens with zero attached hydrogens (tertiary/aromatic N) is 3. The Labute approximate surface area is 147 Å². The number of H-pyrrole nitrogens is 1. The van der Waals surface area contributed by atoms with E-state index in [0.717, 1.165) is 23.5 Å². The fourth-order valence-electron chi connectivity index (χ4n) is 2.16. The van der Waals surface area contributed by atoms with Crippen molar-refractivity contribution in [2.45, 2.75) is 39.5 Å². The molecule has 0 amide bonds. The first-order chi connectivity index (χ1) is 11.7. The SMILES string of the molecule is CCCCCCOc1ccc(/C=N\n2cn[nH]c2=S)cc1OCC. The van der Waals surface area contributed by atoms with Gasteiger partial charge in [-0.15, -0.1) is 0 Å². The Morgan fingerprint density at radius 1 is 1.21 bits per heavy atom. The lowest BCUT2D eigenvalue weighted by atomic mass is 10.2. The summed E-state index contributed by atoms with van der Waals surface area (Å²) in [6.07, 6.45) is 7.94. The molecular weight excluding hydrogens is 324 g/mol. The summed E-state index contributed by atoms with van der Waals surface area (Å²) in [5.41, 5.74) is 0.903. The van der Waals surface area contributed by atoms with Gasteiger partial charge in [-0.05, 0) is 49.3 Å². The molecule has 0 atom stereocenters. The predicted molar refractivity (Wildman–Crippen MR) is 97.7 cm³/mol. The quantitative estimate of drug-likeness (QED) is 0.397. The second-order valence-corrected chi connectivity index (χ2v) is 5.69. The molecule has 0 unspecified atom stereocenters. The number of nitrogens with one attached hydrogen (secondary N) is 1. The molecule has 0 bridgehead atoms. The van der Waals surface area contributed by atoms with E-state index in [0.29, 0.717) is 18.0 Å². The normalized spacial score (nSPS) is 11.1. The maximum atomic E-state index is 5.85. The summed E-state index contributed by atoms with van der Waals surface area (Å²) < 4.78 is 13.5. The minimum absolute atomic E-state index is 0.448. The first-order valence-electron chi connectivity index (χ1n) is 8.30. The van der Waals surface area contributed by atoms with Gasteiger partial charge in [-0.2, -0.15) is 14.9 Å². The minimum atomic E-state index is 0.448. The van der Waals surface area contributed by atoms with Crippen molar-refractivity contribution in [1.82, 2.24) is 14.9 Å². The number of ether oxygens (including phenoxy) is 2. The van der Waals surface area contributed by atoms with E-state index in [1.807, 2.05) is 25.1 Å². The smallest absolute Gasteiger partial charge is 0.216 e. The second-order valence-electron chi connectivity index (χ2n) is 5.30. The molecule has 6 nitrogen and oxygen atoms in total. The van der Waals surface area contributed by atoms with Crippen LogP contribution in [0.1, 0.15) is 45.1 Å². The molecule has 130 valence electrons. The summed E-state index contributed by atoms with van der Waals surface area (Å²) >= 11 is 5.05. The molecule has 24 heavy (non-hydrogen) atoms. The highest BCUT2D eigenvalue weighted by molar-refractivity contribution is 7.71. The van der Waals surface area contributed by atoms with Crippen LogP contribution in [0.25, 0.3) is 0 Å². The van der Waals surface area contributed by atoms with Gasteiger partial charge in [0.1, 0.15) is 6.33 Å². The van der Waals surface area contributed by atoms with Gasteiger partial charge in [0.25, 0.3) is 0 Å². The van der Waals surface area contributed by atoms with Gasteiger partial charge in [0.2, 0.25) is 4.77 Å². The first kappa shape index (κ1) is 18.2. The Bertz CT molecular complexity index is 709. The van der Waals surface area contributed by atoms with Gasteiger partial charge >= 0.3 is 0 Å². The van der Waals surface area contributed by atoms with Crippen molar-refractivity contribution >= 4 is 18.4 Å². The van der Waals surface area contributed by atoms with Gasteiger partial charge in [-0.25, -0.2) is 0 Å². The molecule has 0 saturated carbocycles. The summed E-state index contributed by atoms with van der Waals surface area (Å²) in [5, 5.41) is 10.7. The Kier molecular flexibility index (Phi) is 7.48. The molecular formula is C17H24N4O2S. The van der Waals surface area contributed by atoms with E-state index in [1.165, 1.54) is 30.3 Å².